The first-order valence-electron chi connectivity index (χ1n) is 15.2. The maximum atomic E-state index is 15.3. The number of amides is 1. The fourth-order valence-corrected chi connectivity index (χ4v) is 6.42. The minimum absolute atomic E-state index is 0.0134. The number of aromatic nitrogens is 6. The maximum Gasteiger partial charge on any atom is 0.272 e. The molecule has 0 spiro atoms. The van der Waals surface area contributed by atoms with Crippen LogP contribution < -0.4 is 10.5 Å². The largest absolute Gasteiger partial charge is 0.378 e. The van der Waals surface area contributed by atoms with E-state index in [-0.39, 0.29) is 17.7 Å². The molecule has 5 heterocycles. The molecule has 6 aromatic rings. The molecular formula is C34H29FN8O3. The Bertz CT molecular complexity index is 2190. The predicted molar refractivity (Wildman–Crippen MR) is 170 cm³/mol. The van der Waals surface area contributed by atoms with Crippen molar-refractivity contribution in [2.24, 2.45) is 0 Å². The Hall–Kier alpha value is -5.49. The Kier molecular flexibility index (Phi) is 6.98. The third-order valence-electron chi connectivity index (χ3n) is 8.77. The van der Waals surface area contributed by atoms with Crippen LogP contribution in [0, 0.1) is 5.82 Å². The van der Waals surface area contributed by atoms with Crippen LogP contribution >= 0.6 is 0 Å². The highest BCUT2D eigenvalue weighted by Crippen LogP contribution is 2.33. The van der Waals surface area contributed by atoms with Gasteiger partial charge in [0.05, 0.1) is 53.8 Å². The number of hydrogen-bond acceptors (Lipinski definition) is 8. The molecule has 3 aromatic heterocycles. The number of hydrogen-bond donors (Lipinski definition) is 2. The number of fused-ring (bicyclic) bond motifs is 3. The number of rotatable bonds is 5. The Labute approximate surface area is 262 Å². The van der Waals surface area contributed by atoms with Crippen LogP contribution in [0.1, 0.15) is 32.9 Å². The second kappa shape index (κ2) is 11.5. The lowest BCUT2D eigenvalue weighted by atomic mass is 10.00. The van der Waals surface area contributed by atoms with Gasteiger partial charge in [0.2, 0.25) is 0 Å². The molecule has 0 radical (unpaired) electrons. The van der Waals surface area contributed by atoms with Gasteiger partial charge in [0.15, 0.2) is 5.82 Å². The van der Waals surface area contributed by atoms with Gasteiger partial charge in [-0.3, -0.25) is 14.7 Å². The minimum Gasteiger partial charge on any atom is -0.378 e. The van der Waals surface area contributed by atoms with Gasteiger partial charge in [-0.2, -0.15) is 10.2 Å². The van der Waals surface area contributed by atoms with Crippen molar-refractivity contribution < 1.29 is 13.9 Å². The summed E-state index contributed by atoms with van der Waals surface area (Å²) in [6.45, 7) is 3.25. The van der Waals surface area contributed by atoms with Crippen molar-refractivity contribution in [1.82, 2.24) is 35.3 Å². The summed E-state index contributed by atoms with van der Waals surface area (Å²) in [5, 5.41) is 16.1. The first kappa shape index (κ1) is 28.0. The van der Waals surface area contributed by atoms with Crippen LogP contribution in [0.5, 0.6) is 0 Å². The van der Waals surface area contributed by atoms with Crippen LogP contribution in [0.25, 0.3) is 33.1 Å². The summed E-state index contributed by atoms with van der Waals surface area (Å²) in [5.41, 5.74) is 4.52. The first-order chi connectivity index (χ1) is 22.5. The number of carbonyl (C=O) groups excluding carboxylic acids is 1. The van der Waals surface area contributed by atoms with E-state index in [2.05, 4.69) is 25.3 Å². The topological polar surface area (TPSA) is 133 Å². The van der Waals surface area contributed by atoms with E-state index in [0.29, 0.717) is 73.5 Å². The summed E-state index contributed by atoms with van der Waals surface area (Å²) in [7, 11) is 0. The average molecular weight is 617 g/mol. The molecule has 0 atom stereocenters. The minimum atomic E-state index is -0.595. The Morgan fingerprint density at radius 3 is 2.65 bits per heavy atom. The molecule has 230 valence electrons. The van der Waals surface area contributed by atoms with E-state index in [1.54, 1.807) is 35.4 Å². The molecule has 0 bridgehead atoms. The maximum absolute atomic E-state index is 15.3. The van der Waals surface area contributed by atoms with Gasteiger partial charge in [0.1, 0.15) is 11.6 Å². The van der Waals surface area contributed by atoms with Gasteiger partial charge >= 0.3 is 0 Å². The second-order valence-corrected chi connectivity index (χ2v) is 11.5. The van der Waals surface area contributed by atoms with Gasteiger partial charge < -0.3 is 14.5 Å². The molecule has 2 N–H and O–H groups in total. The lowest BCUT2D eigenvalue weighted by Crippen LogP contribution is -2.41. The summed E-state index contributed by atoms with van der Waals surface area (Å²) in [4.78, 5) is 40.1. The lowest BCUT2D eigenvalue weighted by Gasteiger charge is -2.34. The van der Waals surface area contributed by atoms with Gasteiger partial charge in [0.25, 0.3) is 11.5 Å². The summed E-state index contributed by atoms with van der Waals surface area (Å²) in [6.07, 6.45) is 2.62. The number of aromatic amines is 2. The van der Waals surface area contributed by atoms with Crippen LogP contribution in [0.4, 0.5) is 10.2 Å². The number of morpholine rings is 1. The number of anilines is 1. The van der Waals surface area contributed by atoms with Gasteiger partial charge in [-0.1, -0.05) is 36.4 Å². The zero-order valence-corrected chi connectivity index (χ0v) is 24.8. The molecule has 46 heavy (non-hydrogen) atoms. The summed E-state index contributed by atoms with van der Waals surface area (Å²) >= 11 is 0. The highest BCUT2D eigenvalue weighted by atomic mass is 19.1. The van der Waals surface area contributed by atoms with E-state index in [9.17, 15) is 9.59 Å². The fraction of sp³-hybridized carbons (Fsp3) is 0.235. The van der Waals surface area contributed by atoms with E-state index in [1.807, 2.05) is 30.3 Å². The number of ether oxygens (including phenoxy) is 1. The number of halogens is 1. The van der Waals surface area contributed by atoms with E-state index in [4.69, 9.17) is 14.7 Å². The average Bonchev–Trinajstić information content (AvgIpc) is 3.59. The summed E-state index contributed by atoms with van der Waals surface area (Å²) in [6, 6.07) is 17.6. The third kappa shape index (κ3) is 4.96. The number of H-pyrrole nitrogens is 2. The molecule has 2 aliphatic rings. The molecule has 3 aromatic carbocycles. The predicted octanol–water partition coefficient (Wildman–Crippen LogP) is 4.02. The standard InChI is InChI=1S/C34H29FN8O3/c35-27-9-8-20(17-29-21-4-1-2-5-23(21)33(44)41-40-29)16-25(27)34(45)43-11-10-24-30(19-43)37-31(38-32(24)42-12-14-46-15-13-42)22-6-3-7-28-26(22)18-36-39-28/h1-9,16,18H,10-15,17,19H2,(H,36,39)(H,41,44). The highest BCUT2D eigenvalue weighted by molar-refractivity contribution is 5.95. The Balaban J connectivity index is 1.13. The molecule has 11 nitrogen and oxygen atoms in total. The summed E-state index contributed by atoms with van der Waals surface area (Å²) in [5.74, 6) is 0.400. The molecule has 2 aliphatic heterocycles. The number of benzene rings is 3. The van der Waals surface area contributed by atoms with E-state index in [0.717, 1.165) is 33.5 Å². The van der Waals surface area contributed by atoms with Gasteiger partial charge in [0, 0.05) is 48.0 Å². The third-order valence-corrected chi connectivity index (χ3v) is 8.77. The monoisotopic (exact) mass is 616 g/mol. The SMILES string of the molecule is O=C(c1cc(Cc2n[nH]c(=O)c3ccccc23)ccc1F)N1CCc2c(nc(-c3cccc4[nH]ncc34)nc2N2CCOCC2)C1. The molecular weight excluding hydrogens is 587 g/mol. The van der Waals surface area contributed by atoms with Crippen LogP contribution in [-0.2, 0) is 24.1 Å². The quantitative estimate of drug-likeness (QED) is 0.297. The van der Waals surface area contributed by atoms with Gasteiger partial charge in [-0.25, -0.2) is 19.5 Å². The van der Waals surface area contributed by atoms with Gasteiger partial charge in [-0.15, -0.1) is 0 Å². The normalized spacial score (nSPS) is 15.0. The van der Waals surface area contributed by atoms with Crippen LogP contribution in [-0.4, -0.2) is 74.0 Å². The van der Waals surface area contributed by atoms with Gasteiger partial charge in [-0.05, 0) is 36.2 Å². The van der Waals surface area contributed by atoms with E-state index >= 15 is 4.39 Å². The van der Waals surface area contributed by atoms with E-state index < -0.39 is 11.7 Å². The molecule has 12 heteroatoms. The van der Waals surface area contributed by atoms with Crippen molar-refractivity contribution in [3.05, 3.63) is 111 Å². The highest BCUT2D eigenvalue weighted by Gasteiger charge is 2.30. The smallest absolute Gasteiger partial charge is 0.272 e. The van der Waals surface area contributed by atoms with Crippen molar-refractivity contribution in [1.29, 1.82) is 0 Å². The summed E-state index contributed by atoms with van der Waals surface area (Å²) < 4.78 is 20.9. The zero-order chi connectivity index (χ0) is 31.2. The van der Waals surface area contributed by atoms with Crippen molar-refractivity contribution in [2.75, 3.05) is 37.7 Å². The molecule has 0 unspecified atom stereocenters. The van der Waals surface area contributed by atoms with Crippen molar-refractivity contribution in [3.8, 4) is 11.4 Å². The van der Waals surface area contributed by atoms with Crippen molar-refractivity contribution >= 4 is 33.4 Å². The Morgan fingerprint density at radius 2 is 1.78 bits per heavy atom. The zero-order valence-electron chi connectivity index (χ0n) is 24.8. The molecule has 1 fully saturated rings. The fourth-order valence-electron chi connectivity index (χ4n) is 6.42. The number of nitrogens with zero attached hydrogens (tertiary/aromatic N) is 6. The molecule has 0 saturated carbocycles. The van der Waals surface area contributed by atoms with Crippen molar-refractivity contribution in [2.45, 2.75) is 19.4 Å². The molecule has 8 rings (SSSR count). The molecule has 1 saturated heterocycles. The second-order valence-electron chi connectivity index (χ2n) is 11.5. The molecule has 0 aliphatic carbocycles. The van der Waals surface area contributed by atoms with Crippen LogP contribution in [0.2, 0.25) is 0 Å². The van der Waals surface area contributed by atoms with Crippen LogP contribution in [0.15, 0.2) is 71.7 Å². The van der Waals surface area contributed by atoms with E-state index in [1.165, 1.54) is 6.07 Å². The Morgan fingerprint density at radius 1 is 0.935 bits per heavy atom. The molecule has 1 amide bonds. The number of carbonyl (C=O) groups is 1. The lowest BCUT2D eigenvalue weighted by molar-refractivity contribution is 0.0726. The number of nitrogens with one attached hydrogen (secondary N) is 2. The van der Waals surface area contributed by atoms with Crippen molar-refractivity contribution in [3.63, 3.8) is 0 Å². The first-order valence-corrected chi connectivity index (χ1v) is 15.2. The van der Waals surface area contributed by atoms with Crippen LogP contribution in [0.3, 0.4) is 0 Å².